The molecular weight excluding hydrogens is 266 g/mol. The molecule has 3 aromatic rings. The first-order chi connectivity index (χ1) is 10.2. The number of aromatic amines is 1. The molecule has 3 rings (SSSR count). The molecule has 2 heterocycles. The monoisotopic (exact) mass is 285 g/mol. The highest BCUT2D eigenvalue weighted by molar-refractivity contribution is 5.74. The number of methoxy groups -OCH3 is 1. The number of imidazole rings is 1. The first-order valence-electron chi connectivity index (χ1n) is 6.90. The number of nitrogens with one attached hydrogen (secondary N) is 2. The highest BCUT2D eigenvalue weighted by atomic mass is 16.5. The average molecular weight is 285 g/mol. The van der Waals surface area contributed by atoms with Gasteiger partial charge in [0.1, 0.15) is 5.82 Å². The third-order valence-electron chi connectivity index (χ3n) is 3.51. The maximum atomic E-state index is 5.38. The molecule has 0 aliphatic heterocycles. The van der Waals surface area contributed by atoms with Gasteiger partial charge in [0.15, 0.2) is 0 Å². The van der Waals surface area contributed by atoms with Crippen molar-refractivity contribution in [2.45, 2.75) is 20.0 Å². The summed E-state index contributed by atoms with van der Waals surface area (Å²) in [6, 6.07) is 8.02. The van der Waals surface area contributed by atoms with Gasteiger partial charge in [-0.05, 0) is 19.1 Å². The van der Waals surface area contributed by atoms with E-state index in [0.29, 0.717) is 13.1 Å². The topological polar surface area (TPSA) is 67.8 Å². The molecule has 2 aromatic heterocycles. The number of H-pyrrole nitrogens is 1. The number of fused-ring (bicyclic) bond motifs is 1. The number of aryl methyl sites for hydroxylation is 2. The summed E-state index contributed by atoms with van der Waals surface area (Å²) in [7, 11) is 3.55. The van der Waals surface area contributed by atoms with Crippen molar-refractivity contribution in [3.8, 4) is 5.88 Å². The summed E-state index contributed by atoms with van der Waals surface area (Å²) >= 11 is 0. The van der Waals surface area contributed by atoms with Crippen LogP contribution < -0.4 is 10.1 Å². The third kappa shape index (κ3) is 2.62. The molecule has 0 bridgehead atoms. The van der Waals surface area contributed by atoms with Gasteiger partial charge in [-0.1, -0.05) is 12.1 Å². The third-order valence-corrected chi connectivity index (χ3v) is 3.51. The van der Waals surface area contributed by atoms with E-state index in [-0.39, 0.29) is 0 Å². The highest BCUT2D eigenvalue weighted by Crippen LogP contribution is 2.20. The number of rotatable bonds is 5. The number of benzene rings is 1. The van der Waals surface area contributed by atoms with E-state index in [9.17, 15) is 0 Å². The van der Waals surface area contributed by atoms with Crippen LogP contribution in [0.2, 0.25) is 0 Å². The van der Waals surface area contributed by atoms with E-state index in [1.54, 1.807) is 11.8 Å². The van der Waals surface area contributed by atoms with Crippen molar-refractivity contribution >= 4 is 11.0 Å². The molecule has 110 valence electrons. The number of hydrogen-bond donors (Lipinski definition) is 2. The van der Waals surface area contributed by atoms with Crippen LogP contribution in [0.25, 0.3) is 11.0 Å². The Balaban J connectivity index is 1.68. The van der Waals surface area contributed by atoms with Gasteiger partial charge in [-0.15, -0.1) is 0 Å². The Bertz CT molecular complexity index is 726. The van der Waals surface area contributed by atoms with Crippen LogP contribution in [0.15, 0.2) is 24.3 Å². The minimum absolute atomic E-state index is 0.673. The number of aromatic nitrogens is 4. The molecule has 0 atom stereocenters. The molecule has 0 saturated carbocycles. The normalized spacial score (nSPS) is 11.2. The van der Waals surface area contributed by atoms with E-state index in [4.69, 9.17) is 4.74 Å². The molecule has 21 heavy (non-hydrogen) atoms. The molecule has 0 radical (unpaired) electrons. The summed E-state index contributed by atoms with van der Waals surface area (Å²) in [4.78, 5) is 7.85. The highest BCUT2D eigenvalue weighted by Gasteiger charge is 2.13. The molecule has 0 amide bonds. The van der Waals surface area contributed by atoms with Crippen LogP contribution in [0.3, 0.4) is 0 Å². The zero-order valence-electron chi connectivity index (χ0n) is 12.5. The lowest BCUT2D eigenvalue weighted by Gasteiger charge is -2.05. The number of para-hydroxylation sites is 2. The van der Waals surface area contributed by atoms with Gasteiger partial charge in [-0.2, -0.15) is 5.10 Å². The van der Waals surface area contributed by atoms with E-state index >= 15 is 0 Å². The lowest BCUT2D eigenvalue weighted by Crippen LogP contribution is -2.14. The van der Waals surface area contributed by atoms with Crippen molar-refractivity contribution in [2.75, 3.05) is 7.11 Å². The van der Waals surface area contributed by atoms with Crippen LogP contribution in [0.5, 0.6) is 5.88 Å². The second-order valence-electron chi connectivity index (χ2n) is 5.00. The molecular formula is C15H19N5O. The number of ether oxygens (including phenoxy) is 1. The molecule has 0 spiro atoms. The minimum Gasteiger partial charge on any atom is -0.481 e. The van der Waals surface area contributed by atoms with E-state index < -0.39 is 0 Å². The maximum absolute atomic E-state index is 5.38. The van der Waals surface area contributed by atoms with Gasteiger partial charge in [-0.25, -0.2) is 9.67 Å². The van der Waals surface area contributed by atoms with Crippen LogP contribution in [0.4, 0.5) is 0 Å². The lowest BCUT2D eigenvalue weighted by atomic mass is 10.2. The number of hydrogen-bond acceptors (Lipinski definition) is 4. The smallest absolute Gasteiger partial charge is 0.216 e. The van der Waals surface area contributed by atoms with Crippen molar-refractivity contribution in [3.63, 3.8) is 0 Å². The Kier molecular flexibility index (Phi) is 3.62. The fourth-order valence-electron chi connectivity index (χ4n) is 2.53. The standard InChI is InChI=1S/C15H19N5O/c1-10-11(15(21-3)20(2)19-10)8-16-9-14-17-12-6-4-5-7-13(12)18-14/h4-7,16H,8-9H2,1-3H3,(H,17,18). The van der Waals surface area contributed by atoms with Crippen LogP contribution >= 0.6 is 0 Å². The summed E-state index contributed by atoms with van der Waals surface area (Å²) < 4.78 is 7.14. The van der Waals surface area contributed by atoms with Crippen molar-refractivity contribution < 1.29 is 4.74 Å². The second kappa shape index (κ2) is 5.57. The minimum atomic E-state index is 0.673. The number of nitrogens with zero attached hydrogens (tertiary/aromatic N) is 3. The quantitative estimate of drug-likeness (QED) is 0.751. The zero-order chi connectivity index (χ0) is 14.8. The van der Waals surface area contributed by atoms with Crippen molar-refractivity contribution in [1.29, 1.82) is 0 Å². The molecule has 0 saturated heterocycles. The second-order valence-corrected chi connectivity index (χ2v) is 5.00. The summed E-state index contributed by atoms with van der Waals surface area (Å²) in [5.74, 6) is 1.72. The predicted octanol–water partition coefficient (Wildman–Crippen LogP) is 1.90. The van der Waals surface area contributed by atoms with Gasteiger partial charge in [0.05, 0.1) is 35.9 Å². The summed E-state index contributed by atoms with van der Waals surface area (Å²) in [5.41, 5.74) is 4.11. The Hall–Kier alpha value is -2.34. The molecule has 0 aliphatic rings. The summed E-state index contributed by atoms with van der Waals surface area (Å²) in [6.07, 6.45) is 0. The maximum Gasteiger partial charge on any atom is 0.216 e. The largest absolute Gasteiger partial charge is 0.481 e. The van der Waals surface area contributed by atoms with Gasteiger partial charge in [0, 0.05) is 13.6 Å². The van der Waals surface area contributed by atoms with Crippen LogP contribution in [0, 0.1) is 6.92 Å². The van der Waals surface area contributed by atoms with E-state index in [1.807, 2.05) is 38.2 Å². The molecule has 0 aliphatic carbocycles. The first kappa shape index (κ1) is 13.6. The molecule has 6 heteroatoms. The van der Waals surface area contributed by atoms with E-state index in [2.05, 4.69) is 20.4 Å². The predicted molar refractivity (Wildman–Crippen MR) is 81.1 cm³/mol. The van der Waals surface area contributed by atoms with Crippen LogP contribution in [-0.4, -0.2) is 26.9 Å². The molecule has 0 fully saturated rings. The van der Waals surface area contributed by atoms with Gasteiger partial charge in [0.2, 0.25) is 5.88 Å². The average Bonchev–Trinajstić information content (AvgIpc) is 2.99. The van der Waals surface area contributed by atoms with Gasteiger partial charge in [0.25, 0.3) is 0 Å². The molecule has 6 nitrogen and oxygen atoms in total. The zero-order valence-corrected chi connectivity index (χ0v) is 12.5. The molecule has 2 N–H and O–H groups in total. The van der Waals surface area contributed by atoms with E-state index in [0.717, 1.165) is 34.0 Å². The van der Waals surface area contributed by atoms with Gasteiger partial charge in [-0.3, -0.25) is 0 Å². The fraction of sp³-hybridized carbons (Fsp3) is 0.333. The summed E-state index contributed by atoms with van der Waals surface area (Å²) in [6.45, 7) is 3.35. The SMILES string of the molecule is COc1c(CNCc2nc3ccccc3[nH]2)c(C)nn1C. The summed E-state index contributed by atoms with van der Waals surface area (Å²) in [5, 5.41) is 7.75. The Labute approximate surface area is 123 Å². The Morgan fingerprint density at radius 1 is 1.29 bits per heavy atom. The fourth-order valence-corrected chi connectivity index (χ4v) is 2.53. The molecule has 0 unspecified atom stereocenters. The Morgan fingerprint density at radius 3 is 2.86 bits per heavy atom. The first-order valence-corrected chi connectivity index (χ1v) is 6.90. The Morgan fingerprint density at radius 2 is 2.10 bits per heavy atom. The van der Waals surface area contributed by atoms with Gasteiger partial charge < -0.3 is 15.0 Å². The van der Waals surface area contributed by atoms with Gasteiger partial charge >= 0.3 is 0 Å². The molecule has 1 aromatic carbocycles. The van der Waals surface area contributed by atoms with Crippen molar-refractivity contribution in [1.82, 2.24) is 25.1 Å². The van der Waals surface area contributed by atoms with Crippen molar-refractivity contribution in [3.05, 3.63) is 41.3 Å². The van der Waals surface area contributed by atoms with Crippen LogP contribution in [-0.2, 0) is 20.1 Å². The lowest BCUT2D eigenvalue weighted by molar-refractivity contribution is 0.368. The van der Waals surface area contributed by atoms with Crippen LogP contribution in [0.1, 0.15) is 17.1 Å². The van der Waals surface area contributed by atoms with E-state index in [1.165, 1.54) is 0 Å². The van der Waals surface area contributed by atoms with Crippen molar-refractivity contribution in [2.24, 2.45) is 7.05 Å².